The third-order valence-corrected chi connectivity index (χ3v) is 5.32. The number of nitrogens with zero attached hydrogens (tertiary/aromatic N) is 5. The lowest BCUT2D eigenvalue weighted by Gasteiger charge is -2.23. The van der Waals surface area contributed by atoms with Crippen LogP contribution in [0.5, 0.6) is 0 Å². The highest BCUT2D eigenvalue weighted by Gasteiger charge is 2.33. The van der Waals surface area contributed by atoms with Gasteiger partial charge in [-0.2, -0.15) is 4.52 Å². The average molecular weight is 371 g/mol. The third kappa shape index (κ3) is 3.11. The van der Waals surface area contributed by atoms with Crippen LogP contribution in [0.2, 0.25) is 0 Å². The number of carbonyl (C=O) groups excluding carboxylic acids is 1. The van der Waals surface area contributed by atoms with Gasteiger partial charge in [-0.3, -0.25) is 4.79 Å². The summed E-state index contributed by atoms with van der Waals surface area (Å²) in [6.07, 6.45) is 1.98. The molecule has 1 aliphatic carbocycles. The molecule has 0 unspecified atom stereocenters. The molecule has 0 spiro atoms. The first-order valence-corrected chi connectivity index (χ1v) is 9.62. The van der Waals surface area contributed by atoms with Crippen LogP contribution in [0.25, 0.3) is 16.6 Å². The van der Waals surface area contributed by atoms with Crippen molar-refractivity contribution in [2.24, 2.45) is 5.92 Å². The lowest BCUT2D eigenvalue weighted by molar-refractivity contribution is -0.133. The maximum atomic E-state index is 13.0. The highest BCUT2D eigenvalue weighted by atomic mass is 16.2. The minimum Gasteiger partial charge on any atom is -0.334 e. The largest absolute Gasteiger partial charge is 0.334 e. The number of aromatic nitrogens is 4. The molecule has 6 nitrogen and oxygen atoms in total. The van der Waals surface area contributed by atoms with E-state index in [0.717, 1.165) is 40.4 Å². The molecule has 0 bridgehead atoms. The number of pyridine rings is 1. The molecule has 5 rings (SSSR count). The molecule has 2 aromatic heterocycles. The SMILES string of the molecule is Cc1ccc2cc(CN(Cc3ccccc3)C(=O)C3CC3)c3nnnn3c2c1. The topological polar surface area (TPSA) is 63.4 Å². The van der Waals surface area contributed by atoms with Crippen LogP contribution in [0.15, 0.2) is 54.6 Å². The summed E-state index contributed by atoms with van der Waals surface area (Å²) in [6.45, 7) is 3.15. The van der Waals surface area contributed by atoms with Crippen molar-refractivity contribution in [2.75, 3.05) is 0 Å². The lowest BCUT2D eigenvalue weighted by atomic mass is 10.1. The van der Waals surface area contributed by atoms with Crippen LogP contribution in [0.1, 0.15) is 29.5 Å². The van der Waals surface area contributed by atoms with Crippen molar-refractivity contribution in [3.05, 3.63) is 71.3 Å². The summed E-state index contributed by atoms with van der Waals surface area (Å²) in [6, 6.07) is 18.5. The summed E-state index contributed by atoms with van der Waals surface area (Å²) < 4.78 is 1.78. The normalized spacial score (nSPS) is 13.9. The molecule has 0 atom stereocenters. The second-order valence-corrected chi connectivity index (χ2v) is 7.60. The zero-order valence-electron chi connectivity index (χ0n) is 15.7. The number of fused-ring (bicyclic) bond motifs is 3. The number of benzene rings is 2. The Labute approximate surface area is 162 Å². The Hall–Kier alpha value is -3.28. The molecule has 0 aliphatic heterocycles. The highest BCUT2D eigenvalue weighted by molar-refractivity contribution is 5.84. The first kappa shape index (κ1) is 16.9. The Morgan fingerprint density at radius 1 is 1.11 bits per heavy atom. The van der Waals surface area contributed by atoms with Gasteiger partial charge in [0.05, 0.1) is 5.52 Å². The Bertz CT molecular complexity index is 1160. The van der Waals surface area contributed by atoms with Gasteiger partial charge in [0.2, 0.25) is 5.91 Å². The maximum absolute atomic E-state index is 13.0. The monoisotopic (exact) mass is 371 g/mol. The summed E-state index contributed by atoms with van der Waals surface area (Å²) >= 11 is 0. The van der Waals surface area contributed by atoms with E-state index in [9.17, 15) is 4.79 Å². The predicted octanol–water partition coefficient (Wildman–Crippen LogP) is 3.52. The molecule has 1 saturated carbocycles. The zero-order valence-corrected chi connectivity index (χ0v) is 15.7. The van der Waals surface area contributed by atoms with E-state index in [1.54, 1.807) is 4.52 Å². The van der Waals surface area contributed by atoms with E-state index in [1.807, 2.05) is 23.1 Å². The molecule has 6 heteroatoms. The van der Waals surface area contributed by atoms with E-state index in [-0.39, 0.29) is 11.8 Å². The molecule has 0 N–H and O–H groups in total. The van der Waals surface area contributed by atoms with Gasteiger partial charge in [-0.25, -0.2) is 0 Å². The number of hydrogen-bond donors (Lipinski definition) is 0. The molecule has 1 amide bonds. The van der Waals surface area contributed by atoms with Crippen LogP contribution < -0.4 is 0 Å². The minimum atomic E-state index is 0.166. The van der Waals surface area contributed by atoms with Crippen LogP contribution in [0.4, 0.5) is 0 Å². The molecule has 2 aromatic carbocycles. The van der Waals surface area contributed by atoms with Crippen LogP contribution in [0.3, 0.4) is 0 Å². The Kier molecular flexibility index (Phi) is 4.04. The number of tetrazole rings is 1. The molecule has 1 aliphatic rings. The van der Waals surface area contributed by atoms with Gasteiger partial charge in [0.1, 0.15) is 0 Å². The first-order chi connectivity index (χ1) is 13.7. The fourth-order valence-corrected chi connectivity index (χ4v) is 3.69. The Morgan fingerprint density at radius 2 is 1.93 bits per heavy atom. The van der Waals surface area contributed by atoms with Gasteiger partial charge in [-0.15, -0.1) is 5.10 Å². The van der Waals surface area contributed by atoms with Gasteiger partial charge >= 0.3 is 0 Å². The molecule has 1 fully saturated rings. The van der Waals surface area contributed by atoms with E-state index in [1.165, 1.54) is 0 Å². The third-order valence-electron chi connectivity index (χ3n) is 5.32. The molecular weight excluding hydrogens is 350 g/mol. The van der Waals surface area contributed by atoms with Gasteiger partial charge < -0.3 is 4.90 Å². The van der Waals surface area contributed by atoms with E-state index in [4.69, 9.17) is 0 Å². The van der Waals surface area contributed by atoms with Gasteiger partial charge in [-0.1, -0.05) is 42.5 Å². The van der Waals surface area contributed by atoms with Crippen LogP contribution >= 0.6 is 0 Å². The fraction of sp³-hybridized carbons (Fsp3) is 0.273. The van der Waals surface area contributed by atoms with Crippen molar-refractivity contribution in [1.29, 1.82) is 0 Å². The van der Waals surface area contributed by atoms with E-state index in [2.05, 4.69) is 58.8 Å². The van der Waals surface area contributed by atoms with Crippen molar-refractivity contribution in [2.45, 2.75) is 32.9 Å². The number of aryl methyl sites for hydroxylation is 1. The average Bonchev–Trinajstić information content (AvgIpc) is 3.44. The molecule has 0 radical (unpaired) electrons. The predicted molar refractivity (Wildman–Crippen MR) is 106 cm³/mol. The van der Waals surface area contributed by atoms with E-state index >= 15 is 0 Å². The van der Waals surface area contributed by atoms with Gasteiger partial charge in [-0.05, 0) is 53.5 Å². The first-order valence-electron chi connectivity index (χ1n) is 9.62. The van der Waals surface area contributed by atoms with Crippen molar-refractivity contribution in [3.63, 3.8) is 0 Å². The van der Waals surface area contributed by atoms with Crippen LogP contribution in [0, 0.1) is 12.8 Å². The summed E-state index contributed by atoms with van der Waals surface area (Å²) in [5.74, 6) is 0.386. The standard InChI is InChI=1S/C22H21N5O/c1-15-7-8-18-12-19(21-23-24-25-27(21)20(18)11-15)14-26(22(28)17-9-10-17)13-16-5-3-2-4-6-16/h2-8,11-12,17H,9-10,13-14H2,1H3. The molecular formula is C22H21N5O. The molecule has 2 heterocycles. The molecule has 28 heavy (non-hydrogen) atoms. The van der Waals surface area contributed by atoms with Gasteiger partial charge in [0, 0.05) is 30.0 Å². The highest BCUT2D eigenvalue weighted by Crippen LogP contribution is 2.32. The van der Waals surface area contributed by atoms with Crippen molar-refractivity contribution < 1.29 is 4.79 Å². The smallest absolute Gasteiger partial charge is 0.226 e. The summed E-state index contributed by atoms with van der Waals surface area (Å²) in [7, 11) is 0. The van der Waals surface area contributed by atoms with Crippen LogP contribution in [-0.4, -0.2) is 30.8 Å². The number of carbonyl (C=O) groups is 1. The van der Waals surface area contributed by atoms with Crippen LogP contribution in [-0.2, 0) is 17.9 Å². The Morgan fingerprint density at radius 3 is 2.71 bits per heavy atom. The number of hydrogen-bond acceptors (Lipinski definition) is 4. The quantitative estimate of drug-likeness (QED) is 0.538. The summed E-state index contributed by atoms with van der Waals surface area (Å²) in [5.41, 5.74) is 4.94. The molecule has 4 aromatic rings. The van der Waals surface area contributed by atoms with Gasteiger partial charge in [0.25, 0.3) is 0 Å². The second-order valence-electron chi connectivity index (χ2n) is 7.60. The molecule has 140 valence electrons. The Balaban J connectivity index is 1.55. The van der Waals surface area contributed by atoms with Crippen molar-refractivity contribution in [1.82, 2.24) is 24.9 Å². The minimum absolute atomic E-state index is 0.166. The summed E-state index contributed by atoms with van der Waals surface area (Å²) in [5, 5.41) is 13.4. The van der Waals surface area contributed by atoms with Crippen molar-refractivity contribution in [3.8, 4) is 0 Å². The fourth-order valence-electron chi connectivity index (χ4n) is 3.69. The number of rotatable bonds is 5. The number of amides is 1. The van der Waals surface area contributed by atoms with Crippen molar-refractivity contribution >= 4 is 22.5 Å². The van der Waals surface area contributed by atoms with E-state index < -0.39 is 0 Å². The zero-order chi connectivity index (χ0) is 19.1. The molecule has 0 saturated heterocycles. The second kappa shape index (κ2) is 6.71. The maximum Gasteiger partial charge on any atom is 0.226 e. The summed E-state index contributed by atoms with van der Waals surface area (Å²) in [4.78, 5) is 14.9. The lowest BCUT2D eigenvalue weighted by Crippen LogP contribution is -2.31. The van der Waals surface area contributed by atoms with Gasteiger partial charge in [0.15, 0.2) is 5.65 Å². The van der Waals surface area contributed by atoms with E-state index in [0.29, 0.717) is 18.7 Å².